The molecule has 162 valence electrons. The number of amides is 3. The lowest BCUT2D eigenvalue weighted by Gasteiger charge is -2.26. The van der Waals surface area contributed by atoms with E-state index in [-0.39, 0.29) is 34.9 Å². The Bertz CT molecular complexity index is 1060. The van der Waals surface area contributed by atoms with Crippen LogP contribution in [0.2, 0.25) is 0 Å². The SMILES string of the molecule is CCOc1cc(C(CC(C)=O)N2C(=O)c3cccc(NC(C)=O)c3C2=O)ccc1OC. The maximum absolute atomic E-state index is 13.3. The average Bonchev–Trinajstić information content (AvgIpc) is 2.97. The first-order valence-electron chi connectivity index (χ1n) is 9.87. The molecule has 1 N–H and O–H groups in total. The Morgan fingerprint density at radius 3 is 2.42 bits per heavy atom. The molecule has 0 saturated heterocycles. The second-order valence-electron chi connectivity index (χ2n) is 7.15. The van der Waals surface area contributed by atoms with E-state index in [0.29, 0.717) is 23.7 Å². The summed E-state index contributed by atoms with van der Waals surface area (Å²) in [6.45, 7) is 4.95. The Labute approximate surface area is 180 Å². The lowest BCUT2D eigenvalue weighted by molar-refractivity contribution is -0.118. The maximum atomic E-state index is 13.3. The normalized spacial score (nSPS) is 13.6. The number of hydrogen-bond acceptors (Lipinski definition) is 6. The third-order valence-electron chi connectivity index (χ3n) is 4.92. The Balaban J connectivity index is 2.09. The number of rotatable bonds is 8. The maximum Gasteiger partial charge on any atom is 0.264 e. The topological polar surface area (TPSA) is 102 Å². The summed E-state index contributed by atoms with van der Waals surface area (Å²) < 4.78 is 10.9. The number of Topliss-reactive ketones (excluding diaryl/α,β-unsaturated/α-hetero) is 1. The van der Waals surface area contributed by atoms with Gasteiger partial charge in [-0.1, -0.05) is 12.1 Å². The molecule has 2 aromatic rings. The van der Waals surface area contributed by atoms with Gasteiger partial charge in [0.1, 0.15) is 5.78 Å². The number of methoxy groups -OCH3 is 1. The highest BCUT2D eigenvalue weighted by Gasteiger charge is 2.42. The highest BCUT2D eigenvalue weighted by atomic mass is 16.5. The highest BCUT2D eigenvalue weighted by molar-refractivity contribution is 6.24. The Morgan fingerprint density at radius 1 is 1.06 bits per heavy atom. The van der Waals surface area contributed by atoms with Crippen LogP contribution in [0.25, 0.3) is 0 Å². The van der Waals surface area contributed by atoms with Gasteiger partial charge >= 0.3 is 0 Å². The zero-order valence-corrected chi connectivity index (χ0v) is 17.9. The molecule has 0 radical (unpaired) electrons. The molecule has 0 aliphatic carbocycles. The summed E-state index contributed by atoms with van der Waals surface area (Å²) >= 11 is 0. The van der Waals surface area contributed by atoms with Crippen molar-refractivity contribution in [2.75, 3.05) is 19.0 Å². The van der Waals surface area contributed by atoms with Gasteiger partial charge < -0.3 is 14.8 Å². The van der Waals surface area contributed by atoms with Crippen LogP contribution in [-0.2, 0) is 9.59 Å². The Hall–Kier alpha value is -3.68. The van der Waals surface area contributed by atoms with Crippen molar-refractivity contribution in [3.63, 3.8) is 0 Å². The minimum atomic E-state index is -0.833. The van der Waals surface area contributed by atoms with E-state index in [2.05, 4.69) is 5.32 Å². The molecule has 0 bridgehead atoms. The summed E-state index contributed by atoms with van der Waals surface area (Å²) in [7, 11) is 1.51. The third kappa shape index (κ3) is 4.28. The smallest absolute Gasteiger partial charge is 0.264 e. The van der Waals surface area contributed by atoms with E-state index in [1.54, 1.807) is 30.3 Å². The number of hydrogen-bond donors (Lipinski definition) is 1. The van der Waals surface area contributed by atoms with Crippen LogP contribution in [0, 0.1) is 0 Å². The van der Waals surface area contributed by atoms with Crippen molar-refractivity contribution >= 4 is 29.2 Å². The first-order valence-corrected chi connectivity index (χ1v) is 9.87. The van der Waals surface area contributed by atoms with Gasteiger partial charge in [0.15, 0.2) is 11.5 Å². The van der Waals surface area contributed by atoms with Crippen molar-refractivity contribution in [1.29, 1.82) is 0 Å². The molecule has 0 spiro atoms. The van der Waals surface area contributed by atoms with Crippen LogP contribution in [0.1, 0.15) is 59.5 Å². The van der Waals surface area contributed by atoms with E-state index in [0.717, 1.165) is 4.90 Å². The minimum absolute atomic E-state index is 0.0567. The van der Waals surface area contributed by atoms with E-state index in [4.69, 9.17) is 9.47 Å². The molecule has 0 fully saturated rings. The lowest BCUT2D eigenvalue weighted by atomic mass is 9.99. The molecule has 1 atom stereocenters. The Kier molecular flexibility index (Phi) is 6.39. The fourth-order valence-electron chi connectivity index (χ4n) is 3.68. The molecule has 1 aliphatic heterocycles. The molecule has 0 saturated carbocycles. The van der Waals surface area contributed by atoms with Gasteiger partial charge in [-0.05, 0) is 43.7 Å². The lowest BCUT2D eigenvalue weighted by Crippen LogP contribution is -2.35. The Morgan fingerprint density at radius 2 is 1.81 bits per heavy atom. The van der Waals surface area contributed by atoms with E-state index >= 15 is 0 Å². The standard InChI is InChI=1S/C23H24N2O6/c1-5-31-20-12-15(9-10-19(20)30-4)18(11-13(2)26)25-22(28)16-7-6-8-17(24-14(3)27)21(16)23(25)29/h6-10,12,18H,5,11H2,1-4H3,(H,24,27). The molecular formula is C23H24N2O6. The zero-order chi connectivity index (χ0) is 22.7. The molecule has 3 amide bonds. The van der Waals surface area contributed by atoms with E-state index in [1.165, 1.54) is 27.0 Å². The summed E-state index contributed by atoms with van der Waals surface area (Å²) in [4.78, 5) is 51.2. The number of fused-ring (bicyclic) bond motifs is 1. The molecule has 1 heterocycles. The van der Waals surface area contributed by atoms with Gasteiger partial charge in [0.05, 0.1) is 36.6 Å². The molecule has 31 heavy (non-hydrogen) atoms. The molecule has 1 unspecified atom stereocenters. The van der Waals surface area contributed by atoms with Gasteiger partial charge in [-0.25, -0.2) is 0 Å². The molecule has 3 rings (SSSR count). The van der Waals surface area contributed by atoms with Crippen molar-refractivity contribution in [2.45, 2.75) is 33.2 Å². The van der Waals surface area contributed by atoms with Gasteiger partial charge in [-0.3, -0.25) is 24.1 Å². The van der Waals surface area contributed by atoms with Crippen LogP contribution in [0.4, 0.5) is 5.69 Å². The van der Waals surface area contributed by atoms with Gasteiger partial charge in [-0.2, -0.15) is 0 Å². The summed E-state index contributed by atoms with van der Waals surface area (Å²) in [6.07, 6.45) is -0.0567. The second-order valence-corrected chi connectivity index (χ2v) is 7.15. The number of nitrogens with one attached hydrogen (secondary N) is 1. The largest absolute Gasteiger partial charge is 0.493 e. The van der Waals surface area contributed by atoms with Crippen LogP contribution in [0.15, 0.2) is 36.4 Å². The third-order valence-corrected chi connectivity index (χ3v) is 4.92. The van der Waals surface area contributed by atoms with Crippen molar-refractivity contribution < 1.29 is 28.7 Å². The molecular weight excluding hydrogens is 400 g/mol. The van der Waals surface area contributed by atoms with Gasteiger partial charge in [0.25, 0.3) is 11.8 Å². The number of ketones is 1. The van der Waals surface area contributed by atoms with Crippen LogP contribution >= 0.6 is 0 Å². The van der Waals surface area contributed by atoms with E-state index in [1.807, 2.05) is 6.92 Å². The molecule has 2 aromatic carbocycles. The first-order chi connectivity index (χ1) is 14.8. The summed E-state index contributed by atoms with van der Waals surface area (Å²) in [6, 6.07) is 8.91. The van der Waals surface area contributed by atoms with Crippen LogP contribution in [0.3, 0.4) is 0 Å². The number of imide groups is 1. The van der Waals surface area contributed by atoms with Gasteiger partial charge in [0, 0.05) is 13.3 Å². The van der Waals surface area contributed by atoms with Crippen molar-refractivity contribution in [2.24, 2.45) is 0 Å². The van der Waals surface area contributed by atoms with Crippen molar-refractivity contribution in [3.05, 3.63) is 53.1 Å². The van der Waals surface area contributed by atoms with Crippen LogP contribution in [0.5, 0.6) is 11.5 Å². The predicted octanol–water partition coefficient (Wildman–Crippen LogP) is 3.37. The summed E-state index contributed by atoms with van der Waals surface area (Å²) in [5.41, 5.74) is 1.13. The number of benzene rings is 2. The average molecular weight is 424 g/mol. The molecule has 8 heteroatoms. The number of nitrogens with zero attached hydrogens (tertiary/aromatic N) is 1. The van der Waals surface area contributed by atoms with Gasteiger partial charge in [0.2, 0.25) is 5.91 Å². The summed E-state index contributed by atoms with van der Waals surface area (Å²) in [5.74, 6) is -0.674. The number of carbonyl (C=O) groups excluding carboxylic acids is 4. The van der Waals surface area contributed by atoms with Crippen molar-refractivity contribution in [1.82, 2.24) is 4.90 Å². The van der Waals surface area contributed by atoms with E-state index < -0.39 is 17.9 Å². The zero-order valence-electron chi connectivity index (χ0n) is 17.9. The van der Waals surface area contributed by atoms with Gasteiger partial charge in [-0.15, -0.1) is 0 Å². The fourth-order valence-corrected chi connectivity index (χ4v) is 3.68. The monoisotopic (exact) mass is 424 g/mol. The van der Waals surface area contributed by atoms with Crippen LogP contribution < -0.4 is 14.8 Å². The van der Waals surface area contributed by atoms with Crippen molar-refractivity contribution in [3.8, 4) is 11.5 Å². The van der Waals surface area contributed by atoms with Crippen LogP contribution in [-0.4, -0.2) is 42.1 Å². The second kappa shape index (κ2) is 8.99. The first kappa shape index (κ1) is 22.0. The number of ether oxygens (including phenoxy) is 2. The molecule has 0 aromatic heterocycles. The predicted molar refractivity (Wildman–Crippen MR) is 113 cm³/mol. The highest BCUT2D eigenvalue weighted by Crippen LogP contribution is 2.39. The fraction of sp³-hybridized carbons (Fsp3) is 0.304. The number of carbonyl (C=O) groups is 4. The minimum Gasteiger partial charge on any atom is -0.493 e. The molecule has 8 nitrogen and oxygen atoms in total. The molecule has 1 aliphatic rings. The quantitative estimate of drug-likeness (QED) is 0.652. The summed E-state index contributed by atoms with van der Waals surface area (Å²) in [5, 5.41) is 2.59. The number of anilines is 1. The van der Waals surface area contributed by atoms with E-state index in [9.17, 15) is 19.2 Å².